The van der Waals surface area contributed by atoms with Crippen LogP contribution in [0, 0.1) is 5.82 Å². The Bertz CT molecular complexity index is 1560. The quantitative estimate of drug-likeness (QED) is 0.243. The number of amides is 2. The van der Waals surface area contributed by atoms with E-state index in [1.54, 1.807) is 24.4 Å². The van der Waals surface area contributed by atoms with Crippen molar-refractivity contribution in [2.75, 3.05) is 38.2 Å². The van der Waals surface area contributed by atoms with Gasteiger partial charge in [0.2, 0.25) is 11.4 Å². The van der Waals surface area contributed by atoms with Crippen molar-refractivity contribution < 1.29 is 18.4 Å². The Balaban J connectivity index is 1.46. The van der Waals surface area contributed by atoms with Gasteiger partial charge in [-0.25, -0.2) is 19.3 Å². The van der Waals surface area contributed by atoms with Crippen LogP contribution in [0.2, 0.25) is 0 Å². The average molecular weight is 544 g/mol. The topological polar surface area (TPSA) is 124 Å². The highest BCUT2D eigenvalue weighted by Gasteiger charge is 2.36. The number of benzene rings is 1. The number of aromatic amines is 1. The number of rotatable bonds is 7. The van der Waals surface area contributed by atoms with Crippen LogP contribution in [0.4, 0.5) is 16.0 Å². The van der Waals surface area contributed by atoms with E-state index in [0.29, 0.717) is 30.0 Å². The van der Waals surface area contributed by atoms with Crippen molar-refractivity contribution in [3.8, 4) is 11.3 Å². The Morgan fingerprint density at radius 1 is 1.20 bits per heavy atom. The molecule has 4 aromatic rings. The number of nitrogens with one attached hydrogen (secondary N) is 2. The fourth-order valence-electron chi connectivity index (χ4n) is 4.98. The standard InChI is InChI=1S/C29H31FN8O2/c1-36(2)15-5-7-24(39)37-16-4-3-6-22(37)28-35-25(26-27(31)33-14-17-38(26)28)19-8-10-20(11-9-19)29(40)34-23-18-21(30)12-13-32-23/h5,7-14,17-18,22H,3-4,6,15-16H2,1-2H3,(H3,31,32,33,34,40)/p+1. The normalized spacial score (nSPS) is 15.7. The maximum atomic E-state index is 13.5. The molecule has 0 aliphatic carbocycles. The maximum absolute atomic E-state index is 13.5. The zero-order valence-electron chi connectivity index (χ0n) is 22.5. The Kier molecular flexibility index (Phi) is 7.83. The van der Waals surface area contributed by atoms with Crippen molar-refractivity contribution >= 4 is 29.0 Å². The molecule has 4 N–H and O–H groups in total. The number of imidazole rings is 1. The monoisotopic (exact) mass is 543 g/mol. The molecule has 11 heteroatoms. The molecule has 1 fully saturated rings. The smallest absolute Gasteiger partial charge is 0.283 e. The number of likely N-dealkylation sites (N-methyl/N-ethyl adjacent to an activating group) is 1. The molecule has 5 rings (SSSR count). The van der Waals surface area contributed by atoms with Crippen LogP contribution in [0.25, 0.3) is 16.8 Å². The lowest BCUT2D eigenvalue weighted by Crippen LogP contribution is -2.42. The Morgan fingerprint density at radius 3 is 2.75 bits per heavy atom. The van der Waals surface area contributed by atoms with Crippen LogP contribution in [0.1, 0.15) is 41.5 Å². The molecule has 3 aromatic heterocycles. The largest absolute Gasteiger partial charge is 0.380 e. The molecule has 0 bridgehead atoms. The molecule has 0 radical (unpaired) electrons. The second kappa shape index (κ2) is 11.6. The molecule has 1 unspecified atom stereocenters. The van der Waals surface area contributed by atoms with Gasteiger partial charge >= 0.3 is 0 Å². The number of nitrogen functional groups attached to an aromatic ring is 1. The van der Waals surface area contributed by atoms with E-state index in [9.17, 15) is 14.0 Å². The fraction of sp³-hybridized carbons (Fsp3) is 0.276. The summed E-state index contributed by atoms with van der Waals surface area (Å²) >= 11 is 0. The zero-order valence-corrected chi connectivity index (χ0v) is 22.5. The first kappa shape index (κ1) is 26.9. The number of pyridine rings is 1. The van der Waals surface area contributed by atoms with E-state index < -0.39 is 11.7 Å². The number of fused-ring (bicyclic) bond motifs is 1. The number of hydrogen-bond donors (Lipinski definition) is 3. The predicted octanol–water partition coefficient (Wildman–Crippen LogP) is 3.36. The van der Waals surface area contributed by atoms with E-state index in [-0.39, 0.29) is 17.8 Å². The SMILES string of the molecule is CN(C)CC=CC(=O)N1CCCCC1c1[nH]c(-c2ccc(C(=O)Nc3cc(F)ccn3)cc2)c2c(N)ncc[n+]12. The number of nitrogens with zero attached hydrogens (tertiary/aromatic N) is 5. The lowest BCUT2D eigenvalue weighted by Gasteiger charge is -2.32. The van der Waals surface area contributed by atoms with Crippen LogP contribution in [0.15, 0.2) is 67.1 Å². The van der Waals surface area contributed by atoms with Crippen LogP contribution >= 0.6 is 0 Å². The van der Waals surface area contributed by atoms with Crippen molar-refractivity contribution in [3.05, 3.63) is 84.3 Å². The average Bonchev–Trinajstić information content (AvgIpc) is 3.34. The number of hydrogen-bond acceptors (Lipinski definition) is 6. The van der Waals surface area contributed by atoms with Crippen molar-refractivity contribution in [2.24, 2.45) is 0 Å². The Morgan fingerprint density at radius 2 is 2.00 bits per heavy atom. The lowest BCUT2D eigenvalue weighted by molar-refractivity contribution is -0.525. The number of anilines is 2. The van der Waals surface area contributed by atoms with E-state index in [1.807, 2.05) is 52.7 Å². The lowest BCUT2D eigenvalue weighted by atomic mass is 10.0. The van der Waals surface area contributed by atoms with Crippen LogP contribution < -0.4 is 15.5 Å². The van der Waals surface area contributed by atoms with Gasteiger partial charge in [-0.15, -0.1) is 0 Å². The third-order valence-corrected chi connectivity index (χ3v) is 6.89. The van der Waals surface area contributed by atoms with Gasteiger partial charge < -0.3 is 20.9 Å². The first-order chi connectivity index (χ1) is 19.3. The van der Waals surface area contributed by atoms with Gasteiger partial charge in [-0.05, 0) is 63.7 Å². The van der Waals surface area contributed by atoms with Gasteiger partial charge in [0.15, 0.2) is 11.5 Å². The summed E-state index contributed by atoms with van der Waals surface area (Å²) in [5, 5.41) is 2.60. The van der Waals surface area contributed by atoms with Crippen LogP contribution in [0.5, 0.6) is 0 Å². The highest BCUT2D eigenvalue weighted by atomic mass is 19.1. The van der Waals surface area contributed by atoms with Gasteiger partial charge in [0, 0.05) is 42.6 Å². The summed E-state index contributed by atoms with van der Waals surface area (Å²) in [6.45, 7) is 1.35. The Labute approximate surface area is 231 Å². The summed E-state index contributed by atoms with van der Waals surface area (Å²) < 4.78 is 15.4. The number of halogens is 1. The molecule has 40 heavy (non-hydrogen) atoms. The number of nitrogens with two attached hydrogens (primary N) is 1. The molecule has 4 heterocycles. The summed E-state index contributed by atoms with van der Waals surface area (Å²) in [6, 6.07) is 9.18. The highest BCUT2D eigenvalue weighted by molar-refractivity contribution is 6.04. The first-order valence-corrected chi connectivity index (χ1v) is 13.1. The molecule has 1 aliphatic rings. The summed E-state index contributed by atoms with van der Waals surface area (Å²) in [7, 11) is 3.92. The molecule has 2 amide bonds. The molecular weight excluding hydrogens is 511 g/mol. The minimum absolute atomic E-state index is 0.0263. The number of carbonyl (C=O) groups excluding carboxylic acids is 2. The second-order valence-corrected chi connectivity index (χ2v) is 10.0. The van der Waals surface area contributed by atoms with Gasteiger partial charge in [0.25, 0.3) is 11.7 Å². The molecule has 0 saturated carbocycles. The third kappa shape index (κ3) is 5.69. The summed E-state index contributed by atoms with van der Waals surface area (Å²) in [6.07, 6.45) is 11.0. The van der Waals surface area contributed by atoms with Crippen LogP contribution in [0.3, 0.4) is 0 Å². The third-order valence-electron chi connectivity index (χ3n) is 6.89. The van der Waals surface area contributed by atoms with E-state index in [2.05, 4.69) is 20.3 Å². The van der Waals surface area contributed by atoms with Gasteiger partial charge in [0.1, 0.15) is 23.9 Å². The molecule has 0 spiro atoms. The predicted molar refractivity (Wildman–Crippen MR) is 150 cm³/mol. The van der Waals surface area contributed by atoms with Crippen LogP contribution in [-0.2, 0) is 4.79 Å². The first-order valence-electron chi connectivity index (χ1n) is 13.1. The van der Waals surface area contributed by atoms with Crippen LogP contribution in [-0.4, -0.2) is 63.8 Å². The van der Waals surface area contributed by atoms with Gasteiger partial charge in [-0.2, -0.15) is 4.40 Å². The number of carbonyl (C=O) groups is 2. The highest BCUT2D eigenvalue weighted by Crippen LogP contribution is 2.33. The summed E-state index contributed by atoms with van der Waals surface area (Å²) in [5.74, 6) is 0.400. The number of likely N-dealkylation sites (tertiary alicyclic amines) is 1. The molecule has 1 atom stereocenters. The molecule has 1 aromatic carbocycles. The summed E-state index contributed by atoms with van der Waals surface area (Å²) in [5.41, 5.74) is 8.96. The van der Waals surface area contributed by atoms with Gasteiger partial charge in [-0.3, -0.25) is 9.59 Å². The molecular formula is C29H32FN8O2+. The summed E-state index contributed by atoms with van der Waals surface area (Å²) in [4.78, 5) is 41.6. The van der Waals surface area contributed by atoms with Gasteiger partial charge in [0.05, 0.1) is 6.20 Å². The number of H-pyrrole nitrogens is 1. The van der Waals surface area contributed by atoms with E-state index in [4.69, 9.17) is 5.73 Å². The zero-order chi connectivity index (χ0) is 28.2. The minimum atomic E-state index is -0.485. The van der Waals surface area contributed by atoms with Crippen molar-refractivity contribution in [1.82, 2.24) is 24.8 Å². The van der Waals surface area contributed by atoms with Gasteiger partial charge in [-0.1, -0.05) is 6.08 Å². The molecule has 1 aliphatic heterocycles. The van der Waals surface area contributed by atoms with E-state index >= 15 is 0 Å². The minimum Gasteiger partial charge on any atom is -0.380 e. The number of aromatic nitrogens is 4. The maximum Gasteiger partial charge on any atom is 0.283 e. The fourth-order valence-corrected chi connectivity index (χ4v) is 4.98. The van der Waals surface area contributed by atoms with Crippen molar-refractivity contribution in [1.29, 1.82) is 0 Å². The van der Waals surface area contributed by atoms with Crippen molar-refractivity contribution in [2.45, 2.75) is 25.3 Å². The van der Waals surface area contributed by atoms with E-state index in [0.717, 1.165) is 42.4 Å². The number of piperidine rings is 1. The Hall–Kier alpha value is -4.64. The molecule has 1 saturated heterocycles. The van der Waals surface area contributed by atoms with E-state index in [1.165, 1.54) is 12.3 Å². The van der Waals surface area contributed by atoms with Crippen molar-refractivity contribution in [3.63, 3.8) is 0 Å². The second-order valence-electron chi connectivity index (χ2n) is 10.0. The molecule has 10 nitrogen and oxygen atoms in total. The molecule has 206 valence electrons.